The molecule has 1 saturated heterocycles. The first-order chi connectivity index (χ1) is 5.13. The van der Waals surface area contributed by atoms with Crippen LogP contribution in [-0.4, -0.2) is 35.6 Å². The predicted molar refractivity (Wildman–Crippen MR) is 42.8 cm³/mol. The highest BCUT2D eigenvalue weighted by Crippen LogP contribution is 2.14. The second-order valence-corrected chi connectivity index (χ2v) is 3.22. The molecule has 1 heterocycles. The average Bonchev–Trinajstić information content (AvgIpc) is 1.85. The van der Waals surface area contributed by atoms with Gasteiger partial charge >= 0.3 is 5.37 Å². The molecule has 11 heavy (non-hydrogen) atoms. The Kier molecular flexibility index (Phi) is 2.73. The van der Waals surface area contributed by atoms with Crippen LogP contribution < -0.4 is 0 Å². The molecule has 0 N–H and O–H groups in total. The van der Waals surface area contributed by atoms with Gasteiger partial charge in [0, 0.05) is 0 Å². The van der Waals surface area contributed by atoms with E-state index < -0.39 is 0 Å². The van der Waals surface area contributed by atoms with Crippen LogP contribution in [0.5, 0.6) is 0 Å². The van der Waals surface area contributed by atoms with Crippen molar-refractivity contribution in [3.8, 4) is 0 Å². The zero-order valence-electron chi connectivity index (χ0n) is 6.71. The van der Waals surface area contributed by atoms with E-state index >= 15 is 0 Å². The molecule has 1 aliphatic heterocycles. The molecule has 0 bridgehead atoms. The highest BCUT2D eigenvalue weighted by molar-refractivity contribution is 6.62. The molecule has 0 aromatic rings. The number of amides is 1. The topological polar surface area (TPSA) is 29.5 Å². The fraction of sp³-hybridized carbons (Fsp3) is 0.857. The Bertz CT molecular complexity index is 153. The van der Waals surface area contributed by atoms with Crippen molar-refractivity contribution in [1.82, 2.24) is 4.90 Å². The Labute approximate surface area is 71.3 Å². The zero-order chi connectivity index (χ0) is 8.43. The van der Waals surface area contributed by atoms with Crippen molar-refractivity contribution in [2.45, 2.75) is 25.9 Å². The maximum atomic E-state index is 10.9. The Morgan fingerprint density at radius 2 is 1.91 bits per heavy atom. The van der Waals surface area contributed by atoms with E-state index in [1.165, 1.54) is 0 Å². The smallest absolute Gasteiger partial charge is 0.317 e. The molecule has 0 unspecified atom stereocenters. The fourth-order valence-electron chi connectivity index (χ4n) is 1.35. The summed E-state index contributed by atoms with van der Waals surface area (Å²) >= 11 is 5.38. The van der Waals surface area contributed by atoms with Crippen molar-refractivity contribution < 1.29 is 9.53 Å². The van der Waals surface area contributed by atoms with E-state index in [4.69, 9.17) is 16.3 Å². The fourth-order valence-corrected chi connectivity index (χ4v) is 1.68. The van der Waals surface area contributed by atoms with E-state index in [0.717, 1.165) is 0 Å². The minimum atomic E-state index is -0.381. The summed E-state index contributed by atoms with van der Waals surface area (Å²) in [6.07, 6.45) is 0. The molecule has 0 radical (unpaired) electrons. The maximum Gasteiger partial charge on any atom is 0.317 e. The molecule has 1 amide bonds. The monoisotopic (exact) mass is 177 g/mol. The molecule has 4 heteroatoms. The molecule has 2 atom stereocenters. The summed E-state index contributed by atoms with van der Waals surface area (Å²) in [6, 6.07) is 0.201. The van der Waals surface area contributed by atoms with Crippen LogP contribution in [0.25, 0.3) is 0 Å². The second-order valence-electron chi connectivity index (χ2n) is 2.90. The van der Waals surface area contributed by atoms with Crippen LogP contribution >= 0.6 is 11.6 Å². The van der Waals surface area contributed by atoms with Gasteiger partial charge in [-0.1, -0.05) is 0 Å². The third-order valence-corrected chi connectivity index (χ3v) is 2.07. The predicted octanol–water partition coefficient (Wildman–Crippen LogP) is 1.45. The maximum absolute atomic E-state index is 10.9. The van der Waals surface area contributed by atoms with Crippen molar-refractivity contribution in [3.63, 3.8) is 0 Å². The number of carbonyl (C=O) groups is 1. The number of carbonyl (C=O) groups excluding carboxylic acids is 1. The second kappa shape index (κ2) is 3.41. The van der Waals surface area contributed by atoms with Gasteiger partial charge in [0.2, 0.25) is 0 Å². The quantitative estimate of drug-likeness (QED) is 0.414. The molecule has 0 spiro atoms. The van der Waals surface area contributed by atoms with Crippen LogP contribution in [0.15, 0.2) is 0 Å². The number of hydrogen-bond acceptors (Lipinski definition) is 2. The summed E-state index contributed by atoms with van der Waals surface area (Å²) in [7, 11) is 0. The van der Waals surface area contributed by atoms with Gasteiger partial charge in [0.25, 0.3) is 0 Å². The van der Waals surface area contributed by atoms with Crippen molar-refractivity contribution in [3.05, 3.63) is 0 Å². The number of ether oxygens (including phenoxy) is 1. The average molecular weight is 178 g/mol. The summed E-state index contributed by atoms with van der Waals surface area (Å²) in [5.41, 5.74) is 0. The van der Waals surface area contributed by atoms with Gasteiger partial charge in [-0.2, -0.15) is 0 Å². The Hall–Kier alpha value is -0.280. The molecule has 0 aliphatic carbocycles. The van der Waals surface area contributed by atoms with Crippen LogP contribution in [0.4, 0.5) is 4.79 Å². The number of rotatable bonds is 0. The van der Waals surface area contributed by atoms with Gasteiger partial charge in [0.15, 0.2) is 0 Å². The van der Waals surface area contributed by atoms with Crippen LogP contribution in [0, 0.1) is 0 Å². The molecule has 1 fully saturated rings. The van der Waals surface area contributed by atoms with Gasteiger partial charge in [0.05, 0.1) is 25.3 Å². The Balaban J connectivity index is 2.62. The lowest BCUT2D eigenvalue weighted by Crippen LogP contribution is -2.50. The first kappa shape index (κ1) is 8.81. The van der Waals surface area contributed by atoms with Crippen molar-refractivity contribution in [2.75, 3.05) is 13.2 Å². The normalized spacial score (nSPS) is 32.1. The van der Waals surface area contributed by atoms with Gasteiger partial charge in [0.1, 0.15) is 0 Å². The highest BCUT2D eigenvalue weighted by Gasteiger charge is 2.28. The van der Waals surface area contributed by atoms with E-state index in [9.17, 15) is 4.79 Å². The van der Waals surface area contributed by atoms with Gasteiger partial charge in [-0.3, -0.25) is 4.79 Å². The van der Waals surface area contributed by atoms with Crippen molar-refractivity contribution >= 4 is 17.0 Å². The molecule has 0 aromatic heterocycles. The number of nitrogens with zero attached hydrogens (tertiary/aromatic N) is 1. The third kappa shape index (κ3) is 1.84. The van der Waals surface area contributed by atoms with Gasteiger partial charge in [-0.05, 0) is 25.4 Å². The summed E-state index contributed by atoms with van der Waals surface area (Å²) in [6.45, 7) is 5.03. The molecule has 64 valence electrons. The van der Waals surface area contributed by atoms with E-state index in [1.54, 1.807) is 4.90 Å². The van der Waals surface area contributed by atoms with E-state index in [1.807, 2.05) is 13.8 Å². The van der Waals surface area contributed by atoms with E-state index in [-0.39, 0.29) is 17.5 Å². The number of halogens is 1. The number of hydrogen-bond donors (Lipinski definition) is 0. The lowest BCUT2D eigenvalue weighted by molar-refractivity contribution is -0.00863. The Morgan fingerprint density at radius 1 is 1.45 bits per heavy atom. The molecular formula is C7H12ClNO2. The summed E-state index contributed by atoms with van der Waals surface area (Å²) in [4.78, 5) is 12.5. The minimum absolute atomic E-state index is 0.101. The number of morpholine rings is 1. The van der Waals surface area contributed by atoms with Crippen LogP contribution in [0.2, 0.25) is 0 Å². The molecular weight excluding hydrogens is 166 g/mol. The molecule has 1 rings (SSSR count). The van der Waals surface area contributed by atoms with Gasteiger partial charge in [-0.25, -0.2) is 0 Å². The highest BCUT2D eigenvalue weighted by atomic mass is 35.5. The van der Waals surface area contributed by atoms with Crippen LogP contribution in [-0.2, 0) is 4.74 Å². The lowest BCUT2D eigenvalue weighted by Gasteiger charge is -2.36. The first-order valence-corrected chi connectivity index (χ1v) is 4.06. The lowest BCUT2D eigenvalue weighted by atomic mass is 10.2. The van der Waals surface area contributed by atoms with E-state index in [2.05, 4.69) is 0 Å². The summed E-state index contributed by atoms with van der Waals surface area (Å²) in [5.74, 6) is 0. The zero-order valence-corrected chi connectivity index (χ0v) is 7.47. The van der Waals surface area contributed by atoms with Crippen molar-refractivity contribution in [1.29, 1.82) is 0 Å². The molecule has 0 saturated carbocycles. The first-order valence-electron chi connectivity index (χ1n) is 3.68. The molecule has 1 aliphatic rings. The molecule has 0 aromatic carbocycles. The van der Waals surface area contributed by atoms with Crippen molar-refractivity contribution in [2.24, 2.45) is 0 Å². The standard InChI is InChI=1S/C7H12ClNO2/c1-5-3-11-4-6(2)9(5)7(8)10/h5-6H,3-4H2,1-2H3/t5-,6+. The van der Waals surface area contributed by atoms with E-state index in [0.29, 0.717) is 13.2 Å². The van der Waals surface area contributed by atoms with Crippen LogP contribution in [0.3, 0.4) is 0 Å². The minimum Gasteiger partial charge on any atom is -0.377 e. The largest absolute Gasteiger partial charge is 0.377 e. The van der Waals surface area contributed by atoms with Gasteiger partial charge in [-0.15, -0.1) is 0 Å². The summed E-state index contributed by atoms with van der Waals surface area (Å²) < 4.78 is 5.22. The van der Waals surface area contributed by atoms with Crippen LogP contribution in [0.1, 0.15) is 13.8 Å². The third-order valence-electron chi connectivity index (χ3n) is 1.87. The Morgan fingerprint density at radius 3 is 2.18 bits per heavy atom. The van der Waals surface area contributed by atoms with Gasteiger partial charge < -0.3 is 9.64 Å². The SMILES string of the molecule is C[C@@H]1COC[C@H](C)N1C(=O)Cl. The summed E-state index contributed by atoms with van der Waals surface area (Å²) in [5, 5.41) is -0.381. The molecule has 3 nitrogen and oxygen atoms in total.